The molecule has 0 saturated carbocycles. The third kappa shape index (κ3) is 3.55. The summed E-state index contributed by atoms with van der Waals surface area (Å²) in [6.45, 7) is 3.37. The van der Waals surface area contributed by atoms with E-state index in [-0.39, 0.29) is 11.7 Å². The summed E-state index contributed by atoms with van der Waals surface area (Å²) in [5.41, 5.74) is 1.88. The zero-order valence-electron chi connectivity index (χ0n) is 16.4. The maximum Gasteiger partial charge on any atom is 0.286 e. The van der Waals surface area contributed by atoms with E-state index < -0.39 is 0 Å². The summed E-state index contributed by atoms with van der Waals surface area (Å²) < 4.78 is 0. The van der Waals surface area contributed by atoms with E-state index in [1.54, 1.807) is 24.3 Å². The highest BCUT2D eigenvalue weighted by Crippen LogP contribution is 2.33. The van der Waals surface area contributed by atoms with E-state index in [9.17, 15) is 9.90 Å². The largest absolute Gasteiger partial charge is 0.507 e. The Bertz CT molecular complexity index is 1170. The van der Waals surface area contributed by atoms with Crippen LogP contribution in [-0.4, -0.2) is 47.3 Å². The van der Waals surface area contributed by atoms with Crippen molar-refractivity contribution in [2.75, 3.05) is 31.1 Å². The van der Waals surface area contributed by atoms with Crippen molar-refractivity contribution in [3.63, 3.8) is 0 Å². The molecular formula is C24H21N3O2S. The third-order valence-electron chi connectivity index (χ3n) is 5.49. The fourth-order valence-corrected chi connectivity index (χ4v) is 4.86. The molecule has 1 saturated heterocycles. The molecule has 0 aliphatic carbocycles. The summed E-state index contributed by atoms with van der Waals surface area (Å²) in [4.78, 5) is 21.8. The lowest BCUT2D eigenvalue weighted by molar-refractivity contribution is -0.113. The van der Waals surface area contributed by atoms with Gasteiger partial charge >= 0.3 is 0 Å². The van der Waals surface area contributed by atoms with Gasteiger partial charge in [0.05, 0.1) is 4.91 Å². The van der Waals surface area contributed by atoms with Gasteiger partial charge in [-0.1, -0.05) is 54.6 Å². The van der Waals surface area contributed by atoms with Gasteiger partial charge in [0.1, 0.15) is 5.75 Å². The molecule has 2 aliphatic rings. The molecule has 30 heavy (non-hydrogen) atoms. The van der Waals surface area contributed by atoms with Crippen molar-refractivity contribution in [2.24, 2.45) is 4.99 Å². The van der Waals surface area contributed by atoms with E-state index in [2.05, 4.69) is 57.3 Å². The minimum atomic E-state index is -0.241. The molecule has 3 aromatic rings. The summed E-state index contributed by atoms with van der Waals surface area (Å²) >= 11 is 1.39. The van der Waals surface area contributed by atoms with Crippen molar-refractivity contribution >= 4 is 45.4 Å². The van der Waals surface area contributed by atoms with Gasteiger partial charge in [-0.25, -0.2) is 0 Å². The number of anilines is 1. The zero-order valence-corrected chi connectivity index (χ0v) is 17.2. The average Bonchev–Trinajstić information content (AvgIpc) is 3.15. The van der Waals surface area contributed by atoms with Gasteiger partial charge in [0, 0.05) is 42.8 Å². The minimum Gasteiger partial charge on any atom is -0.507 e. The Morgan fingerprint density at radius 3 is 2.40 bits per heavy atom. The second-order valence-corrected chi connectivity index (χ2v) is 8.35. The van der Waals surface area contributed by atoms with Crippen LogP contribution in [0.2, 0.25) is 0 Å². The fraction of sp³-hybridized carbons (Fsp3) is 0.167. The van der Waals surface area contributed by atoms with Crippen molar-refractivity contribution < 1.29 is 9.90 Å². The van der Waals surface area contributed by atoms with E-state index in [0.29, 0.717) is 10.5 Å². The number of piperazine rings is 1. The van der Waals surface area contributed by atoms with E-state index in [1.165, 1.54) is 28.2 Å². The molecule has 3 aromatic carbocycles. The number of carbonyl (C=O) groups excluding carboxylic acids is 1. The molecule has 2 heterocycles. The molecule has 0 atom stereocenters. The summed E-state index contributed by atoms with van der Waals surface area (Å²) in [5, 5.41) is 13.2. The van der Waals surface area contributed by atoms with Gasteiger partial charge in [0.2, 0.25) is 0 Å². The molecule has 0 aromatic heterocycles. The van der Waals surface area contributed by atoms with Crippen LogP contribution >= 0.6 is 11.8 Å². The molecule has 1 amide bonds. The quantitative estimate of drug-likeness (QED) is 0.631. The van der Waals surface area contributed by atoms with E-state index in [0.717, 1.165) is 31.3 Å². The standard InChI is InChI=1S/C24H21N3O2S/c28-21-11-4-2-7-18(21)16-22-23(29)25-24(30-22)27-14-12-26(13-15-27)20-10-5-8-17-6-1-3-9-19(17)20/h1-11,16,28H,12-15H2. The van der Waals surface area contributed by atoms with E-state index in [1.807, 2.05) is 6.07 Å². The lowest BCUT2D eigenvalue weighted by Gasteiger charge is -2.37. The van der Waals surface area contributed by atoms with Crippen molar-refractivity contribution in [3.05, 3.63) is 77.2 Å². The number of hydrogen-bond donors (Lipinski definition) is 1. The molecule has 0 spiro atoms. The molecule has 1 fully saturated rings. The number of phenolic OH excluding ortho intramolecular Hbond substituents is 1. The number of fused-ring (bicyclic) bond motifs is 1. The SMILES string of the molecule is O=C1N=C(N2CCN(c3cccc4ccccc34)CC2)SC1=Cc1ccccc1O. The Kier molecular flexibility index (Phi) is 4.93. The van der Waals surface area contributed by atoms with Gasteiger partial charge in [0.25, 0.3) is 5.91 Å². The third-order valence-corrected chi connectivity index (χ3v) is 6.53. The normalized spacial score (nSPS) is 18.3. The van der Waals surface area contributed by atoms with Crippen molar-refractivity contribution in [1.82, 2.24) is 4.90 Å². The van der Waals surface area contributed by atoms with Gasteiger partial charge in [-0.3, -0.25) is 4.79 Å². The van der Waals surface area contributed by atoms with Gasteiger partial charge in [0.15, 0.2) is 5.17 Å². The van der Waals surface area contributed by atoms with E-state index in [4.69, 9.17) is 0 Å². The summed E-state index contributed by atoms with van der Waals surface area (Å²) in [6, 6.07) is 21.9. The molecule has 6 heteroatoms. The van der Waals surface area contributed by atoms with Gasteiger partial charge in [-0.15, -0.1) is 0 Å². The maximum absolute atomic E-state index is 12.4. The Morgan fingerprint density at radius 2 is 1.57 bits per heavy atom. The number of aliphatic imine (C=N–C) groups is 1. The van der Waals surface area contributed by atoms with Gasteiger partial charge < -0.3 is 14.9 Å². The number of aromatic hydroxyl groups is 1. The van der Waals surface area contributed by atoms with Crippen LogP contribution in [0.3, 0.4) is 0 Å². The van der Waals surface area contributed by atoms with Crippen LogP contribution in [0, 0.1) is 0 Å². The Morgan fingerprint density at radius 1 is 0.867 bits per heavy atom. The van der Waals surface area contributed by atoms with Crippen LogP contribution in [0.5, 0.6) is 5.75 Å². The van der Waals surface area contributed by atoms with Crippen LogP contribution < -0.4 is 4.90 Å². The number of nitrogens with zero attached hydrogens (tertiary/aromatic N) is 3. The second-order valence-electron chi connectivity index (χ2n) is 7.34. The number of carbonyl (C=O) groups is 1. The predicted octanol–water partition coefficient (Wildman–Crippen LogP) is 4.34. The molecule has 0 radical (unpaired) electrons. The van der Waals surface area contributed by atoms with Crippen LogP contribution in [0.4, 0.5) is 5.69 Å². The lowest BCUT2D eigenvalue weighted by atomic mass is 10.1. The smallest absolute Gasteiger partial charge is 0.286 e. The molecule has 150 valence electrons. The molecule has 5 nitrogen and oxygen atoms in total. The Labute approximate surface area is 179 Å². The molecule has 0 unspecified atom stereocenters. The lowest BCUT2D eigenvalue weighted by Crippen LogP contribution is -2.47. The van der Waals surface area contributed by atoms with Crippen molar-refractivity contribution in [1.29, 1.82) is 0 Å². The highest BCUT2D eigenvalue weighted by atomic mass is 32.2. The number of amidine groups is 1. The maximum atomic E-state index is 12.4. The molecule has 2 aliphatic heterocycles. The Balaban J connectivity index is 1.29. The molecular weight excluding hydrogens is 394 g/mol. The monoisotopic (exact) mass is 415 g/mol. The number of phenols is 1. The first-order valence-electron chi connectivity index (χ1n) is 9.97. The first-order chi connectivity index (χ1) is 14.7. The highest BCUT2D eigenvalue weighted by molar-refractivity contribution is 8.18. The number of benzene rings is 3. The minimum absolute atomic E-state index is 0.163. The van der Waals surface area contributed by atoms with Crippen LogP contribution in [0.25, 0.3) is 16.8 Å². The number of amides is 1. The summed E-state index contributed by atoms with van der Waals surface area (Å²) in [5.74, 6) is -0.0784. The van der Waals surface area contributed by atoms with Crippen LogP contribution in [0.15, 0.2) is 76.6 Å². The summed E-state index contributed by atoms with van der Waals surface area (Å²) in [6.07, 6.45) is 1.71. The molecule has 5 rings (SSSR count). The van der Waals surface area contributed by atoms with Gasteiger partial charge in [-0.2, -0.15) is 4.99 Å². The average molecular weight is 416 g/mol. The topological polar surface area (TPSA) is 56.1 Å². The van der Waals surface area contributed by atoms with Crippen molar-refractivity contribution in [2.45, 2.75) is 0 Å². The molecule has 0 bridgehead atoms. The van der Waals surface area contributed by atoms with Crippen molar-refractivity contribution in [3.8, 4) is 5.75 Å². The van der Waals surface area contributed by atoms with Gasteiger partial charge in [-0.05, 0) is 35.4 Å². The predicted molar refractivity (Wildman–Crippen MR) is 124 cm³/mol. The Hall–Kier alpha value is -3.25. The number of hydrogen-bond acceptors (Lipinski definition) is 5. The first kappa shape index (κ1) is 18.8. The molecule has 1 N–H and O–H groups in total. The fourth-order valence-electron chi connectivity index (χ4n) is 3.91. The van der Waals surface area contributed by atoms with E-state index >= 15 is 0 Å². The highest BCUT2D eigenvalue weighted by Gasteiger charge is 2.29. The van der Waals surface area contributed by atoms with Crippen LogP contribution in [-0.2, 0) is 4.79 Å². The second kappa shape index (κ2) is 7.88. The number of thioether (sulfide) groups is 1. The number of rotatable bonds is 2. The zero-order chi connectivity index (χ0) is 20.5. The van der Waals surface area contributed by atoms with Crippen LogP contribution in [0.1, 0.15) is 5.56 Å². The summed E-state index contributed by atoms with van der Waals surface area (Å²) in [7, 11) is 0. The number of para-hydroxylation sites is 1. The first-order valence-corrected chi connectivity index (χ1v) is 10.8.